The van der Waals surface area contributed by atoms with E-state index in [2.05, 4.69) is 10.3 Å². The van der Waals surface area contributed by atoms with Gasteiger partial charge in [-0.2, -0.15) is 0 Å². The summed E-state index contributed by atoms with van der Waals surface area (Å²) in [6.45, 7) is 4.89. The van der Waals surface area contributed by atoms with Crippen molar-refractivity contribution in [3.8, 4) is 11.5 Å². The molecule has 1 aromatic carbocycles. The minimum atomic E-state index is -1.05. The van der Waals surface area contributed by atoms with Crippen molar-refractivity contribution in [2.45, 2.75) is 13.8 Å². The second-order valence-corrected chi connectivity index (χ2v) is 4.85. The van der Waals surface area contributed by atoms with Crippen molar-refractivity contribution in [2.75, 3.05) is 18.5 Å². The van der Waals surface area contributed by atoms with Crippen molar-refractivity contribution >= 4 is 28.1 Å². The molecule has 0 unspecified atom stereocenters. The standard InChI is InChI=1S/C14H16N2O4S/c1-3-19-9-5-6-12(20-4-2)10(7-9)15-14-16-11(8-21-14)13(17)18/h5-8H,3-4H2,1-2H3,(H,15,16)(H,17,18). The fourth-order valence-corrected chi connectivity index (χ4v) is 2.39. The monoisotopic (exact) mass is 308 g/mol. The average Bonchev–Trinajstić information content (AvgIpc) is 2.91. The van der Waals surface area contributed by atoms with Crippen LogP contribution in [0, 0.1) is 0 Å². The lowest BCUT2D eigenvalue weighted by atomic mass is 10.2. The summed E-state index contributed by atoms with van der Waals surface area (Å²) in [5, 5.41) is 13.9. The van der Waals surface area contributed by atoms with Gasteiger partial charge in [0.15, 0.2) is 10.8 Å². The van der Waals surface area contributed by atoms with Crippen LogP contribution >= 0.6 is 11.3 Å². The molecule has 112 valence electrons. The summed E-state index contributed by atoms with van der Waals surface area (Å²) in [6.07, 6.45) is 0. The second kappa shape index (κ2) is 6.94. The maximum Gasteiger partial charge on any atom is 0.355 e. The molecular weight excluding hydrogens is 292 g/mol. The van der Waals surface area contributed by atoms with Gasteiger partial charge in [-0.1, -0.05) is 0 Å². The molecule has 0 amide bonds. The normalized spacial score (nSPS) is 10.2. The molecule has 2 aromatic rings. The molecule has 0 spiro atoms. The first-order valence-corrected chi connectivity index (χ1v) is 7.37. The molecule has 0 fully saturated rings. The number of thiazole rings is 1. The SMILES string of the molecule is CCOc1ccc(OCC)c(Nc2nc(C(=O)O)cs2)c1. The Morgan fingerprint density at radius 2 is 2.10 bits per heavy atom. The molecule has 0 aliphatic carbocycles. The summed E-state index contributed by atoms with van der Waals surface area (Å²) >= 11 is 1.22. The first-order valence-electron chi connectivity index (χ1n) is 6.49. The van der Waals surface area contributed by atoms with E-state index in [1.54, 1.807) is 6.07 Å². The molecule has 2 rings (SSSR count). The van der Waals surface area contributed by atoms with Crippen molar-refractivity contribution in [2.24, 2.45) is 0 Å². The van der Waals surface area contributed by atoms with Crippen molar-refractivity contribution in [3.05, 3.63) is 29.3 Å². The van der Waals surface area contributed by atoms with Crippen LogP contribution in [0.5, 0.6) is 11.5 Å². The molecule has 7 heteroatoms. The largest absolute Gasteiger partial charge is 0.494 e. The highest BCUT2D eigenvalue weighted by atomic mass is 32.1. The van der Waals surface area contributed by atoms with Crippen molar-refractivity contribution in [1.82, 2.24) is 4.98 Å². The first-order chi connectivity index (χ1) is 10.1. The number of carboxylic acids is 1. The number of benzene rings is 1. The van der Waals surface area contributed by atoms with Gasteiger partial charge in [0.25, 0.3) is 0 Å². The quantitative estimate of drug-likeness (QED) is 0.816. The van der Waals surface area contributed by atoms with Crippen LogP contribution in [0.2, 0.25) is 0 Å². The Bertz CT molecular complexity index is 627. The lowest BCUT2D eigenvalue weighted by Gasteiger charge is -2.12. The van der Waals surface area contributed by atoms with Crippen LogP contribution in [0.15, 0.2) is 23.6 Å². The lowest BCUT2D eigenvalue weighted by Crippen LogP contribution is -2.00. The van der Waals surface area contributed by atoms with Gasteiger partial charge < -0.3 is 19.9 Å². The van der Waals surface area contributed by atoms with E-state index >= 15 is 0 Å². The molecule has 0 aliphatic heterocycles. The topological polar surface area (TPSA) is 80.7 Å². The van der Waals surface area contributed by atoms with Crippen molar-refractivity contribution in [1.29, 1.82) is 0 Å². The zero-order valence-corrected chi connectivity index (χ0v) is 12.6. The van der Waals surface area contributed by atoms with Crippen LogP contribution in [0.25, 0.3) is 0 Å². The summed E-state index contributed by atoms with van der Waals surface area (Å²) in [5.41, 5.74) is 0.704. The molecular formula is C14H16N2O4S. The molecule has 2 N–H and O–H groups in total. The number of rotatable bonds is 7. The Balaban J connectivity index is 2.26. The summed E-state index contributed by atoms with van der Waals surface area (Å²) in [5.74, 6) is 0.318. The number of carbonyl (C=O) groups is 1. The van der Waals surface area contributed by atoms with Crippen LogP contribution in [0.3, 0.4) is 0 Å². The number of nitrogens with zero attached hydrogens (tertiary/aromatic N) is 1. The van der Waals surface area contributed by atoms with E-state index in [9.17, 15) is 4.79 Å². The highest BCUT2D eigenvalue weighted by molar-refractivity contribution is 7.14. The van der Waals surface area contributed by atoms with Crippen LogP contribution in [-0.4, -0.2) is 29.3 Å². The Labute approximate surface area is 126 Å². The Morgan fingerprint density at radius 1 is 1.33 bits per heavy atom. The third-order valence-electron chi connectivity index (χ3n) is 2.53. The molecule has 0 saturated heterocycles. The summed E-state index contributed by atoms with van der Waals surface area (Å²) in [6, 6.07) is 5.43. The smallest absolute Gasteiger partial charge is 0.355 e. The average molecular weight is 308 g/mol. The van der Waals surface area contributed by atoms with E-state index in [1.807, 2.05) is 26.0 Å². The number of nitrogens with one attached hydrogen (secondary N) is 1. The molecule has 6 nitrogen and oxygen atoms in total. The van der Waals surface area contributed by atoms with Gasteiger partial charge >= 0.3 is 5.97 Å². The van der Waals surface area contributed by atoms with Crippen LogP contribution in [0.1, 0.15) is 24.3 Å². The summed E-state index contributed by atoms with van der Waals surface area (Å²) in [4.78, 5) is 14.8. The number of hydrogen-bond donors (Lipinski definition) is 2. The zero-order chi connectivity index (χ0) is 15.2. The van der Waals surface area contributed by atoms with E-state index in [-0.39, 0.29) is 5.69 Å². The molecule has 0 bridgehead atoms. The van der Waals surface area contributed by atoms with E-state index in [0.717, 1.165) is 0 Å². The minimum Gasteiger partial charge on any atom is -0.494 e. The number of carboxylic acid groups (broad SMARTS) is 1. The van der Waals surface area contributed by atoms with Gasteiger partial charge in [0.1, 0.15) is 11.5 Å². The summed E-state index contributed by atoms with van der Waals surface area (Å²) < 4.78 is 11.0. The number of hydrogen-bond acceptors (Lipinski definition) is 6. The number of ether oxygens (including phenoxy) is 2. The molecule has 0 radical (unpaired) electrons. The van der Waals surface area contributed by atoms with Gasteiger partial charge in [0.05, 0.1) is 18.9 Å². The summed E-state index contributed by atoms with van der Waals surface area (Å²) in [7, 11) is 0. The number of anilines is 2. The fourth-order valence-electron chi connectivity index (χ4n) is 1.69. The first kappa shape index (κ1) is 15.1. The molecule has 0 saturated carbocycles. The van der Waals surface area contributed by atoms with Gasteiger partial charge in [0, 0.05) is 11.4 Å². The van der Waals surface area contributed by atoms with E-state index in [0.29, 0.717) is 35.5 Å². The highest BCUT2D eigenvalue weighted by Crippen LogP contribution is 2.32. The lowest BCUT2D eigenvalue weighted by molar-refractivity contribution is 0.0691. The van der Waals surface area contributed by atoms with E-state index in [1.165, 1.54) is 16.7 Å². The third-order valence-corrected chi connectivity index (χ3v) is 3.28. The molecule has 0 atom stereocenters. The van der Waals surface area contributed by atoms with Crippen LogP contribution in [-0.2, 0) is 0 Å². The van der Waals surface area contributed by atoms with Crippen molar-refractivity contribution < 1.29 is 19.4 Å². The number of aromatic nitrogens is 1. The van der Waals surface area contributed by atoms with Gasteiger partial charge in [-0.3, -0.25) is 0 Å². The van der Waals surface area contributed by atoms with Crippen molar-refractivity contribution in [3.63, 3.8) is 0 Å². The van der Waals surface area contributed by atoms with Gasteiger partial charge in [0.2, 0.25) is 0 Å². The Hall–Kier alpha value is -2.28. The van der Waals surface area contributed by atoms with E-state index < -0.39 is 5.97 Å². The second-order valence-electron chi connectivity index (χ2n) is 3.99. The fraction of sp³-hybridized carbons (Fsp3) is 0.286. The van der Waals surface area contributed by atoms with Gasteiger partial charge in [-0.05, 0) is 26.0 Å². The third kappa shape index (κ3) is 3.85. The highest BCUT2D eigenvalue weighted by Gasteiger charge is 2.11. The van der Waals surface area contributed by atoms with Crippen LogP contribution in [0.4, 0.5) is 10.8 Å². The van der Waals surface area contributed by atoms with Crippen LogP contribution < -0.4 is 14.8 Å². The molecule has 1 heterocycles. The minimum absolute atomic E-state index is 0.0152. The predicted molar refractivity (Wildman–Crippen MR) is 81.1 cm³/mol. The molecule has 0 aliphatic rings. The van der Waals surface area contributed by atoms with Gasteiger partial charge in [-0.25, -0.2) is 9.78 Å². The Morgan fingerprint density at radius 3 is 2.71 bits per heavy atom. The Kier molecular flexibility index (Phi) is 4.99. The predicted octanol–water partition coefficient (Wildman–Crippen LogP) is 3.38. The van der Waals surface area contributed by atoms with Gasteiger partial charge in [-0.15, -0.1) is 11.3 Å². The van der Waals surface area contributed by atoms with E-state index in [4.69, 9.17) is 14.6 Å². The molecule has 1 aromatic heterocycles. The number of aromatic carboxylic acids is 1. The molecule has 21 heavy (non-hydrogen) atoms. The maximum absolute atomic E-state index is 10.8. The zero-order valence-electron chi connectivity index (χ0n) is 11.8. The maximum atomic E-state index is 10.8.